The highest BCUT2D eigenvalue weighted by molar-refractivity contribution is 5.58. The second-order valence-corrected chi connectivity index (χ2v) is 6.41. The molecule has 1 heterocycles. The quantitative estimate of drug-likeness (QED) is 0.629. The fraction of sp³-hybridized carbons (Fsp3) is 0.368. The molecule has 1 aliphatic heterocycles. The van der Waals surface area contributed by atoms with E-state index in [1.807, 2.05) is 24.3 Å². The van der Waals surface area contributed by atoms with Crippen molar-refractivity contribution in [1.29, 1.82) is 0 Å². The van der Waals surface area contributed by atoms with Gasteiger partial charge in [-0.15, -0.1) is 0 Å². The molecule has 1 atom stereocenters. The van der Waals surface area contributed by atoms with Crippen LogP contribution in [0.2, 0.25) is 0 Å². The summed E-state index contributed by atoms with van der Waals surface area (Å²) >= 11 is 0. The van der Waals surface area contributed by atoms with Crippen LogP contribution in [0.4, 0.5) is 17.1 Å². The maximum absolute atomic E-state index is 10.9. The molecule has 26 heavy (non-hydrogen) atoms. The van der Waals surface area contributed by atoms with E-state index in [-0.39, 0.29) is 16.7 Å². The number of nitrogens with zero attached hydrogens (tertiary/aromatic N) is 2. The molecule has 0 radical (unpaired) electrons. The second-order valence-electron chi connectivity index (χ2n) is 6.41. The van der Waals surface area contributed by atoms with Crippen molar-refractivity contribution in [1.82, 2.24) is 0 Å². The van der Waals surface area contributed by atoms with Gasteiger partial charge in [0.2, 0.25) is 0 Å². The zero-order valence-electron chi connectivity index (χ0n) is 15.2. The molecule has 7 nitrogen and oxygen atoms in total. The van der Waals surface area contributed by atoms with E-state index in [0.717, 1.165) is 42.4 Å². The van der Waals surface area contributed by atoms with Crippen LogP contribution < -0.4 is 19.7 Å². The third-order valence-corrected chi connectivity index (χ3v) is 4.65. The molecule has 3 rings (SSSR count). The van der Waals surface area contributed by atoms with E-state index < -0.39 is 0 Å². The van der Waals surface area contributed by atoms with Gasteiger partial charge in [-0.05, 0) is 25.5 Å². The number of hydrogen-bond donors (Lipinski definition) is 1. The molecular weight excluding hydrogens is 334 g/mol. The lowest BCUT2D eigenvalue weighted by Gasteiger charge is -2.21. The third kappa shape index (κ3) is 3.82. The standard InChI is InChI=1S/C19H23N3O4/c1-13-8-14(4-5-19(13)22(23)24)20-15-6-7-21(12-15)16-9-17(25-2)11-18(10-16)26-3/h4-5,8-11,15,20H,6-7,12H2,1-3H3. The van der Waals surface area contributed by atoms with Crippen molar-refractivity contribution in [3.8, 4) is 11.5 Å². The number of anilines is 2. The lowest BCUT2D eigenvalue weighted by Crippen LogP contribution is -2.26. The van der Waals surface area contributed by atoms with Gasteiger partial charge < -0.3 is 19.7 Å². The summed E-state index contributed by atoms with van der Waals surface area (Å²) in [6.07, 6.45) is 0.982. The van der Waals surface area contributed by atoms with Crippen molar-refractivity contribution >= 4 is 17.1 Å². The highest BCUT2D eigenvalue weighted by Crippen LogP contribution is 2.31. The topological polar surface area (TPSA) is 76.9 Å². The van der Waals surface area contributed by atoms with Crippen LogP contribution in [0.3, 0.4) is 0 Å². The SMILES string of the molecule is COc1cc(OC)cc(N2CCC(Nc3ccc([N+](=O)[O-])c(C)c3)C2)c1. The summed E-state index contributed by atoms with van der Waals surface area (Å²) in [6, 6.07) is 11.3. The normalized spacial score (nSPS) is 16.4. The van der Waals surface area contributed by atoms with Crippen molar-refractivity contribution in [3.05, 3.63) is 52.1 Å². The average molecular weight is 357 g/mol. The van der Waals surface area contributed by atoms with Gasteiger partial charge in [0.25, 0.3) is 5.69 Å². The van der Waals surface area contributed by atoms with Crippen LogP contribution in [0.1, 0.15) is 12.0 Å². The monoisotopic (exact) mass is 357 g/mol. The number of methoxy groups -OCH3 is 2. The minimum atomic E-state index is -0.355. The van der Waals surface area contributed by atoms with Crippen molar-refractivity contribution in [3.63, 3.8) is 0 Å². The number of rotatable bonds is 6. The first-order valence-electron chi connectivity index (χ1n) is 8.49. The Hall–Kier alpha value is -2.96. The van der Waals surface area contributed by atoms with E-state index in [1.54, 1.807) is 33.3 Å². The maximum atomic E-state index is 10.9. The summed E-state index contributed by atoms with van der Waals surface area (Å²) in [5.74, 6) is 1.53. The van der Waals surface area contributed by atoms with Gasteiger partial charge in [0.1, 0.15) is 11.5 Å². The predicted molar refractivity (Wildman–Crippen MR) is 102 cm³/mol. The van der Waals surface area contributed by atoms with Crippen molar-refractivity contribution in [2.75, 3.05) is 37.5 Å². The highest BCUT2D eigenvalue weighted by atomic mass is 16.6. The molecule has 0 aromatic heterocycles. The number of aryl methyl sites for hydroxylation is 1. The van der Waals surface area contributed by atoms with Gasteiger partial charge in [-0.1, -0.05) is 0 Å². The molecule has 2 aromatic rings. The van der Waals surface area contributed by atoms with E-state index in [2.05, 4.69) is 10.2 Å². The van der Waals surface area contributed by atoms with Crippen LogP contribution in [-0.2, 0) is 0 Å². The molecule has 138 valence electrons. The van der Waals surface area contributed by atoms with Crippen molar-refractivity contribution in [2.45, 2.75) is 19.4 Å². The van der Waals surface area contributed by atoms with Crippen LogP contribution in [-0.4, -0.2) is 38.3 Å². The lowest BCUT2D eigenvalue weighted by molar-refractivity contribution is -0.385. The molecule has 1 unspecified atom stereocenters. The van der Waals surface area contributed by atoms with E-state index in [9.17, 15) is 10.1 Å². The second kappa shape index (κ2) is 7.51. The molecule has 0 bridgehead atoms. The average Bonchev–Trinajstić information content (AvgIpc) is 3.09. The Morgan fingerprint density at radius 2 is 1.85 bits per heavy atom. The Kier molecular flexibility index (Phi) is 5.16. The van der Waals surface area contributed by atoms with Gasteiger partial charge >= 0.3 is 0 Å². The number of benzene rings is 2. The minimum absolute atomic E-state index is 0.145. The van der Waals surface area contributed by atoms with Crippen LogP contribution in [0.25, 0.3) is 0 Å². The first-order chi connectivity index (χ1) is 12.5. The maximum Gasteiger partial charge on any atom is 0.272 e. The number of nitrogens with one attached hydrogen (secondary N) is 1. The molecule has 1 aliphatic rings. The molecule has 1 fully saturated rings. The van der Waals surface area contributed by atoms with E-state index >= 15 is 0 Å². The summed E-state index contributed by atoms with van der Waals surface area (Å²) in [7, 11) is 3.29. The fourth-order valence-corrected chi connectivity index (χ4v) is 3.27. The van der Waals surface area contributed by atoms with Gasteiger partial charge in [0, 0.05) is 60.3 Å². The molecule has 7 heteroatoms. The van der Waals surface area contributed by atoms with Crippen LogP contribution in [0.15, 0.2) is 36.4 Å². The summed E-state index contributed by atoms with van der Waals surface area (Å²) in [6.45, 7) is 3.51. The van der Waals surface area contributed by atoms with E-state index in [4.69, 9.17) is 9.47 Å². The Morgan fingerprint density at radius 3 is 2.42 bits per heavy atom. The van der Waals surface area contributed by atoms with Gasteiger partial charge in [-0.3, -0.25) is 10.1 Å². The fourth-order valence-electron chi connectivity index (χ4n) is 3.27. The van der Waals surface area contributed by atoms with Gasteiger partial charge in [0.15, 0.2) is 0 Å². The summed E-state index contributed by atoms with van der Waals surface area (Å²) in [4.78, 5) is 12.9. The Morgan fingerprint density at radius 1 is 1.15 bits per heavy atom. The number of nitro groups is 1. The highest BCUT2D eigenvalue weighted by Gasteiger charge is 2.24. The molecule has 0 amide bonds. The first kappa shape index (κ1) is 17.8. The molecule has 2 aromatic carbocycles. The van der Waals surface area contributed by atoms with Gasteiger partial charge in [0.05, 0.1) is 19.1 Å². The van der Waals surface area contributed by atoms with Crippen LogP contribution >= 0.6 is 0 Å². The smallest absolute Gasteiger partial charge is 0.272 e. The Balaban J connectivity index is 1.69. The largest absolute Gasteiger partial charge is 0.497 e. The zero-order chi connectivity index (χ0) is 18.7. The van der Waals surface area contributed by atoms with Crippen LogP contribution in [0, 0.1) is 17.0 Å². The molecule has 0 saturated carbocycles. The number of nitro benzene ring substituents is 1. The van der Waals surface area contributed by atoms with E-state index in [0.29, 0.717) is 5.56 Å². The molecular formula is C19H23N3O4. The lowest BCUT2D eigenvalue weighted by atomic mass is 10.1. The third-order valence-electron chi connectivity index (χ3n) is 4.65. The van der Waals surface area contributed by atoms with Gasteiger partial charge in [-0.2, -0.15) is 0 Å². The van der Waals surface area contributed by atoms with Gasteiger partial charge in [-0.25, -0.2) is 0 Å². The molecule has 1 saturated heterocycles. The summed E-state index contributed by atoms with van der Waals surface area (Å²) in [5, 5.41) is 14.4. The van der Waals surface area contributed by atoms with Crippen molar-refractivity contribution < 1.29 is 14.4 Å². The van der Waals surface area contributed by atoms with E-state index in [1.165, 1.54) is 0 Å². The predicted octanol–water partition coefficient (Wildman–Crippen LogP) is 3.61. The number of hydrogen-bond acceptors (Lipinski definition) is 6. The first-order valence-corrected chi connectivity index (χ1v) is 8.49. The van der Waals surface area contributed by atoms with Crippen LogP contribution in [0.5, 0.6) is 11.5 Å². The molecule has 1 N–H and O–H groups in total. The molecule has 0 aliphatic carbocycles. The summed E-state index contributed by atoms with van der Waals surface area (Å²) < 4.78 is 10.7. The van der Waals surface area contributed by atoms with Crippen molar-refractivity contribution in [2.24, 2.45) is 0 Å². The molecule has 0 spiro atoms. The summed E-state index contributed by atoms with van der Waals surface area (Å²) in [5.41, 5.74) is 2.77. The number of ether oxygens (including phenoxy) is 2. The Labute approximate surface area is 152 Å². The minimum Gasteiger partial charge on any atom is -0.497 e. The Bertz CT molecular complexity index is 787. The zero-order valence-corrected chi connectivity index (χ0v) is 15.2.